The number of benzene rings is 4. The molecule has 18 nitrogen and oxygen atoms in total. The Balaban J connectivity index is 1.20. The number of morpholine rings is 1. The van der Waals surface area contributed by atoms with Crippen LogP contribution >= 0.6 is 0 Å². The smallest absolute Gasteiger partial charge is 0.357 e. The first-order chi connectivity index (χ1) is 26.8. The molecule has 0 radical (unpaired) electrons. The van der Waals surface area contributed by atoms with Gasteiger partial charge in [0.2, 0.25) is 17.8 Å². The van der Waals surface area contributed by atoms with Gasteiger partial charge in [0, 0.05) is 48.9 Å². The third-order valence-electron chi connectivity index (χ3n) is 9.17. The van der Waals surface area contributed by atoms with E-state index in [1.165, 1.54) is 34.9 Å². The molecule has 4 aromatic carbocycles. The lowest BCUT2D eigenvalue weighted by atomic mass is 9.83. The Morgan fingerprint density at radius 3 is 2.27 bits per heavy atom. The molecule has 6 aromatic rings. The van der Waals surface area contributed by atoms with Crippen molar-refractivity contribution in [1.29, 1.82) is 0 Å². The minimum Gasteiger partial charge on any atom is -0.508 e. The number of carbonyl (C=O) groups excluding carboxylic acids is 1. The van der Waals surface area contributed by atoms with Crippen molar-refractivity contribution in [3.05, 3.63) is 100 Å². The maximum Gasteiger partial charge on any atom is 0.357 e. The first-order valence-corrected chi connectivity index (χ1v) is 19.3. The molecule has 1 atom stereocenters. The van der Waals surface area contributed by atoms with E-state index < -0.39 is 26.4 Å². The summed E-state index contributed by atoms with van der Waals surface area (Å²) < 4.78 is 68.3. The number of carbonyl (C=O) groups is 1. The highest BCUT2D eigenvalue weighted by Crippen LogP contribution is 2.43. The molecule has 2 aromatic heterocycles. The van der Waals surface area contributed by atoms with Gasteiger partial charge in [0.25, 0.3) is 15.7 Å². The average Bonchev–Trinajstić information content (AvgIpc) is 3.16. The van der Waals surface area contributed by atoms with Crippen molar-refractivity contribution in [3.63, 3.8) is 0 Å². The van der Waals surface area contributed by atoms with Gasteiger partial charge in [-0.05, 0) is 53.6 Å². The SMILES string of the molecule is Cn1c(=O)cc2c3c(c(Nc4cc(Nc5nc(Nc6ccc(O)cc6OS(=O)O)nc(N6CCOCC6)n5)ccc4S(=O)(=O)O)ccc31)C(=O)c1ccccc1-2. The minimum absolute atomic E-state index is 0.0142. The summed E-state index contributed by atoms with van der Waals surface area (Å²) in [4.78, 5) is 41.9. The zero-order valence-electron chi connectivity index (χ0n) is 29.1. The molecular weight excluding hydrogens is 769 g/mol. The summed E-state index contributed by atoms with van der Waals surface area (Å²) in [6, 6.07) is 19.3. The van der Waals surface area contributed by atoms with E-state index >= 15 is 0 Å². The summed E-state index contributed by atoms with van der Waals surface area (Å²) >= 11 is -2.72. The van der Waals surface area contributed by atoms with Gasteiger partial charge >= 0.3 is 11.4 Å². The van der Waals surface area contributed by atoms with Crippen molar-refractivity contribution >= 4 is 78.8 Å². The van der Waals surface area contributed by atoms with Gasteiger partial charge in [0.1, 0.15) is 10.6 Å². The summed E-state index contributed by atoms with van der Waals surface area (Å²) in [6.07, 6.45) is 0. The summed E-state index contributed by atoms with van der Waals surface area (Å²) in [5, 5.41) is 19.5. The second-order valence-corrected chi connectivity index (χ2v) is 14.6. The van der Waals surface area contributed by atoms with Crippen molar-refractivity contribution in [1.82, 2.24) is 19.5 Å². The number of aromatic nitrogens is 4. The number of nitrogens with one attached hydrogen (secondary N) is 3. The number of phenols is 1. The van der Waals surface area contributed by atoms with Gasteiger partial charge in [0.05, 0.1) is 41.4 Å². The van der Waals surface area contributed by atoms with Gasteiger partial charge in [0.15, 0.2) is 11.5 Å². The Kier molecular flexibility index (Phi) is 9.34. The number of phenolic OH excluding ortho intramolecular Hbond substituents is 1. The predicted octanol–water partition coefficient (Wildman–Crippen LogP) is 4.47. The van der Waals surface area contributed by atoms with E-state index in [0.717, 1.165) is 12.1 Å². The molecule has 56 heavy (non-hydrogen) atoms. The van der Waals surface area contributed by atoms with Crippen LogP contribution in [0.5, 0.6) is 11.5 Å². The van der Waals surface area contributed by atoms with Crippen LogP contribution in [0, 0.1) is 0 Å². The lowest BCUT2D eigenvalue weighted by Crippen LogP contribution is -2.37. The molecule has 1 aliphatic heterocycles. The number of pyridine rings is 1. The average molecular weight is 799 g/mol. The predicted molar refractivity (Wildman–Crippen MR) is 207 cm³/mol. The van der Waals surface area contributed by atoms with E-state index in [9.17, 15) is 36.4 Å². The van der Waals surface area contributed by atoms with Crippen molar-refractivity contribution in [2.45, 2.75) is 4.90 Å². The number of nitrogens with zero attached hydrogens (tertiary/aromatic N) is 5. The Labute approximate surface area is 320 Å². The molecule has 8 rings (SSSR count). The summed E-state index contributed by atoms with van der Waals surface area (Å²) in [7, 11) is -3.22. The van der Waals surface area contributed by atoms with Crippen LogP contribution in [0.15, 0.2) is 88.6 Å². The molecule has 0 saturated carbocycles. The van der Waals surface area contributed by atoms with Crippen LogP contribution in [0.1, 0.15) is 15.9 Å². The maximum atomic E-state index is 14.1. The van der Waals surface area contributed by atoms with E-state index in [0.29, 0.717) is 53.9 Å². The molecule has 286 valence electrons. The summed E-state index contributed by atoms with van der Waals surface area (Å²) in [6.45, 7) is 1.71. The maximum absolute atomic E-state index is 14.1. The van der Waals surface area contributed by atoms with Crippen molar-refractivity contribution in [3.8, 4) is 22.6 Å². The van der Waals surface area contributed by atoms with E-state index in [4.69, 9.17) is 8.92 Å². The highest BCUT2D eigenvalue weighted by molar-refractivity contribution is 7.86. The van der Waals surface area contributed by atoms with Crippen molar-refractivity contribution < 1.29 is 40.6 Å². The molecule has 0 spiro atoms. The van der Waals surface area contributed by atoms with E-state index in [1.54, 1.807) is 43.4 Å². The quantitative estimate of drug-likeness (QED) is 0.0635. The zero-order valence-corrected chi connectivity index (χ0v) is 30.7. The van der Waals surface area contributed by atoms with E-state index in [2.05, 4.69) is 30.9 Å². The Hall–Kier alpha value is -6.45. The molecule has 0 amide bonds. The number of rotatable bonds is 10. The highest BCUT2D eigenvalue weighted by atomic mass is 32.2. The topological polar surface area (TPSA) is 247 Å². The fourth-order valence-corrected chi connectivity index (χ4v) is 7.54. The monoisotopic (exact) mass is 798 g/mol. The van der Waals surface area contributed by atoms with Gasteiger partial charge in [-0.1, -0.05) is 24.3 Å². The molecular formula is C36H30N8O10S2. The number of aryl methyl sites for hydroxylation is 1. The standard InChI is InChI=1S/C36H30N8O10S2/c1-43-27-10-9-25(32-31(27)23(18-30(43)46)21-4-2-3-5-22(21)33(32)47)38-26-16-19(6-11-29(26)56(50,51)52)37-34-40-35(42-36(41-34)44-12-14-53-15-13-44)39-24-8-7-20(45)17-28(24)54-55(48)49/h2-11,16-18,38,45H,12-15H2,1H3,(H,48,49)(H,50,51,52)(H2,37,39,40,41,42). The van der Waals surface area contributed by atoms with Gasteiger partial charge in [-0.3, -0.25) is 18.7 Å². The van der Waals surface area contributed by atoms with Crippen LogP contribution in [0.4, 0.5) is 40.6 Å². The van der Waals surface area contributed by atoms with Gasteiger partial charge in [-0.2, -0.15) is 27.6 Å². The molecule has 2 aliphatic rings. The van der Waals surface area contributed by atoms with Crippen LogP contribution in [-0.4, -0.2) is 78.4 Å². The van der Waals surface area contributed by atoms with E-state index in [-0.39, 0.29) is 69.0 Å². The van der Waals surface area contributed by atoms with Gasteiger partial charge < -0.3 is 39.4 Å². The summed E-state index contributed by atoms with van der Waals surface area (Å²) in [5.74, 6) is -0.568. The molecule has 1 unspecified atom stereocenters. The Morgan fingerprint density at radius 1 is 0.821 bits per heavy atom. The van der Waals surface area contributed by atoms with E-state index in [1.807, 2.05) is 4.90 Å². The first kappa shape index (κ1) is 36.5. The fourth-order valence-electron chi connectivity index (χ4n) is 6.62. The van der Waals surface area contributed by atoms with Crippen molar-refractivity contribution in [2.75, 3.05) is 47.2 Å². The number of hydrogen-bond donors (Lipinski definition) is 6. The lowest BCUT2D eigenvalue weighted by Gasteiger charge is -2.27. The van der Waals surface area contributed by atoms with Gasteiger partial charge in [-0.25, -0.2) is 0 Å². The number of hydrogen-bond acceptors (Lipinski definition) is 15. The molecule has 3 heterocycles. The number of ether oxygens (including phenoxy) is 1. The summed E-state index contributed by atoms with van der Waals surface area (Å²) in [5.41, 5.74) is 2.43. The van der Waals surface area contributed by atoms with Gasteiger partial charge in [-0.15, -0.1) is 0 Å². The fraction of sp³-hybridized carbons (Fsp3) is 0.139. The number of fused-ring (bicyclic) bond motifs is 2. The van der Waals surface area contributed by atoms with Crippen LogP contribution in [0.25, 0.3) is 22.0 Å². The zero-order chi connectivity index (χ0) is 39.3. The largest absolute Gasteiger partial charge is 0.508 e. The lowest BCUT2D eigenvalue weighted by molar-refractivity contribution is 0.104. The molecule has 1 fully saturated rings. The normalized spacial score (nSPS) is 14.3. The molecule has 1 saturated heterocycles. The van der Waals surface area contributed by atoms with Crippen LogP contribution in [0.3, 0.4) is 0 Å². The molecule has 0 bridgehead atoms. The Morgan fingerprint density at radius 2 is 1.54 bits per heavy atom. The van der Waals surface area contributed by atoms with Crippen LogP contribution < -0.4 is 30.6 Å². The van der Waals surface area contributed by atoms with Crippen molar-refractivity contribution in [2.24, 2.45) is 7.05 Å². The Bertz CT molecular complexity index is 2790. The highest BCUT2D eigenvalue weighted by Gasteiger charge is 2.30. The number of aromatic hydroxyl groups is 1. The molecule has 1 aliphatic carbocycles. The number of anilines is 7. The van der Waals surface area contributed by atoms with Crippen LogP contribution in [-0.2, 0) is 33.3 Å². The molecule has 6 N–H and O–H groups in total. The number of ketones is 1. The second-order valence-electron chi connectivity index (χ2n) is 12.6. The second kappa shape index (κ2) is 14.3. The third kappa shape index (κ3) is 6.97. The molecule has 20 heteroatoms. The minimum atomic E-state index is -4.81. The third-order valence-corrected chi connectivity index (χ3v) is 10.4. The van der Waals surface area contributed by atoms with Crippen LogP contribution in [0.2, 0.25) is 0 Å². The first-order valence-electron chi connectivity index (χ1n) is 16.8.